The van der Waals surface area contributed by atoms with Crippen LogP contribution in [0.25, 0.3) is 0 Å². The lowest BCUT2D eigenvalue weighted by Crippen LogP contribution is -2.31. The Hall–Kier alpha value is -0.570. The second-order valence-corrected chi connectivity index (χ2v) is 5.34. The third-order valence-electron chi connectivity index (χ3n) is 3.20. The van der Waals surface area contributed by atoms with Crippen LogP contribution in [0.2, 0.25) is 5.02 Å². The van der Waals surface area contributed by atoms with Gasteiger partial charge in [-0.25, -0.2) is 0 Å². The number of nitrogens with zero attached hydrogens (tertiary/aromatic N) is 1. The van der Waals surface area contributed by atoms with Gasteiger partial charge in [-0.1, -0.05) is 23.7 Å². The lowest BCUT2D eigenvalue weighted by Gasteiger charge is -2.16. The summed E-state index contributed by atoms with van der Waals surface area (Å²) >= 11 is 5.86. The van der Waals surface area contributed by atoms with E-state index >= 15 is 0 Å². The Morgan fingerprint density at radius 2 is 1.94 bits per heavy atom. The largest absolute Gasteiger partial charge is 0.313 e. The van der Waals surface area contributed by atoms with Crippen molar-refractivity contribution in [3.05, 3.63) is 34.9 Å². The van der Waals surface area contributed by atoms with Crippen LogP contribution in [0.5, 0.6) is 0 Å². The van der Waals surface area contributed by atoms with E-state index in [-0.39, 0.29) is 0 Å². The van der Waals surface area contributed by atoms with Crippen molar-refractivity contribution in [2.45, 2.75) is 25.3 Å². The zero-order valence-electron chi connectivity index (χ0n) is 10.5. The van der Waals surface area contributed by atoms with Crippen LogP contribution in [0.4, 0.5) is 0 Å². The van der Waals surface area contributed by atoms with Crippen LogP contribution in [-0.2, 0) is 6.42 Å². The van der Waals surface area contributed by atoms with Crippen LogP contribution in [0, 0.1) is 0 Å². The topological polar surface area (TPSA) is 15.3 Å². The number of benzene rings is 1. The van der Waals surface area contributed by atoms with Gasteiger partial charge in [0.1, 0.15) is 0 Å². The van der Waals surface area contributed by atoms with Gasteiger partial charge in [0.2, 0.25) is 0 Å². The number of halogens is 1. The van der Waals surface area contributed by atoms with E-state index in [0.717, 1.165) is 37.1 Å². The molecule has 0 spiro atoms. The third kappa shape index (κ3) is 5.07. The Balaban J connectivity index is 1.60. The maximum atomic E-state index is 5.86. The lowest BCUT2D eigenvalue weighted by molar-refractivity contribution is 0.335. The molecule has 0 aliphatic heterocycles. The molecule has 0 saturated heterocycles. The van der Waals surface area contributed by atoms with Crippen LogP contribution in [0.1, 0.15) is 18.4 Å². The molecule has 2 rings (SSSR count). The Morgan fingerprint density at radius 1 is 1.24 bits per heavy atom. The Morgan fingerprint density at radius 3 is 2.59 bits per heavy atom. The first-order chi connectivity index (χ1) is 8.24. The minimum absolute atomic E-state index is 0.815. The van der Waals surface area contributed by atoms with E-state index in [1.165, 1.54) is 18.4 Å². The molecular weight excluding hydrogens is 232 g/mol. The second kappa shape index (κ2) is 6.39. The van der Waals surface area contributed by atoms with E-state index in [1.54, 1.807) is 0 Å². The van der Waals surface area contributed by atoms with Crippen molar-refractivity contribution in [3.8, 4) is 0 Å². The standard InChI is InChI=1S/C14H21ClN2/c1-17(11-9-16-14-6-7-14)10-8-12-2-4-13(15)5-3-12/h2-5,14,16H,6-11H2,1H3. The molecule has 0 amide bonds. The van der Waals surface area contributed by atoms with E-state index in [9.17, 15) is 0 Å². The van der Waals surface area contributed by atoms with Crippen LogP contribution < -0.4 is 5.32 Å². The highest BCUT2D eigenvalue weighted by Crippen LogP contribution is 2.18. The van der Waals surface area contributed by atoms with Gasteiger partial charge in [-0.05, 0) is 44.0 Å². The monoisotopic (exact) mass is 252 g/mol. The zero-order chi connectivity index (χ0) is 12.1. The van der Waals surface area contributed by atoms with Gasteiger partial charge in [-0.2, -0.15) is 0 Å². The smallest absolute Gasteiger partial charge is 0.0406 e. The summed E-state index contributed by atoms with van der Waals surface area (Å²) in [5.41, 5.74) is 1.36. The maximum absolute atomic E-state index is 5.86. The molecule has 1 aliphatic rings. The van der Waals surface area contributed by atoms with Crippen molar-refractivity contribution in [2.75, 3.05) is 26.7 Å². The molecule has 0 radical (unpaired) electrons. The molecule has 0 heterocycles. The molecule has 0 bridgehead atoms. The minimum Gasteiger partial charge on any atom is -0.313 e. The summed E-state index contributed by atoms with van der Waals surface area (Å²) in [7, 11) is 2.19. The molecule has 1 saturated carbocycles. The molecule has 1 aromatic rings. The Kier molecular flexibility index (Phi) is 4.84. The van der Waals surface area contributed by atoms with Crippen LogP contribution in [0.3, 0.4) is 0 Å². The summed E-state index contributed by atoms with van der Waals surface area (Å²) in [5, 5.41) is 4.35. The first kappa shape index (κ1) is 12.9. The summed E-state index contributed by atoms with van der Waals surface area (Å²) in [5.74, 6) is 0. The highest BCUT2D eigenvalue weighted by atomic mass is 35.5. The zero-order valence-corrected chi connectivity index (χ0v) is 11.2. The molecule has 94 valence electrons. The van der Waals surface area contributed by atoms with Crippen molar-refractivity contribution < 1.29 is 0 Å². The lowest BCUT2D eigenvalue weighted by atomic mass is 10.1. The fraction of sp³-hybridized carbons (Fsp3) is 0.571. The van der Waals surface area contributed by atoms with E-state index in [0.29, 0.717) is 0 Å². The number of rotatable bonds is 7. The van der Waals surface area contributed by atoms with Gasteiger partial charge in [0.15, 0.2) is 0 Å². The molecule has 1 fully saturated rings. The minimum atomic E-state index is 0.815. The molecule has 3 heteroatoms. The summed E-state index contributed by atoms with van der Waals surface area (Å²) in [6.45, 7) is 3.35. The van der Waals surface area contributed by atoms with Gasteiger partial charge in [0.25, 0.3) is 0 Å². The van der Waals surface area contributed by atoms with E-state index in [1.807, 2.05) is 12.1 Å². The molecule has 1 aromatic carbocycles. The van der Waals surface area contributed by atoms with E-state index in [4.69, 9.17) is 11.6 Å². The molecule has 0 atom stereocenters. The molecule has 1 aliphatic carbocycles. The summed E-state index contributed by atoms with van der Waals surface area (Å²) in [6, 6.07) is 8.97. The predicted molar refractivity (Wildman–Crippen MR) is 73.7 cm³/mol. The third-order valence-corrected chi connectivity index (χ3v) is 3.45. The second-order valence-electron chi connectivity index (χ2n) is 4.91. The highest BCUT2D eigenvalue weighted by Gasteiger charge is 2.19. The SMILES string of the molecule is CN(CCNC1CC1)CCc1ccc(Cl)cc1. The van der Waals surface area contributed by atoms with E-state index in [2.05, 4.69) is 29.4 Å². The average molecular weight is 253 g/mol. The first-order valence-electron chi connectivity index (χ1n) is 6.40. The van der Waals surface area contributed by atoms with Crippen molar-refractivity contribution in [3.63, 3.8) is 0 Å². The van der Waals surface area contributed by atoms with Crippen molar-refractivity contribution in [1.29, 1.82) is 0 Å². The van der Waals surface area contributed by atoms with Crippen LogP contribution >= 0.6 is 11.6 Å². The number of hydrogen-bond acceptors (Lipinski definition) is 2. The Labute approximate surface area is 109 Å². The molecule has 2 nitrogen and oxygen atoms in total. The summed E-state index contributed by atoms with van der Waals surface area (Å²) in [4.78, 5) is 2.38. The fourth-order valence-electron chi connectivity index (χ4n) is 1.83. The number of hydrogen-bond donors (Lipinski definition) is 1. The van der Waals surface area contributed by atoms with Gasteiger partial charge < -0.3 is 10.2 Å². The van der Waals surface area contributed by atoms with Crippen molar-refractivity contribution >= 4 is 11.6 Å². The van der Waals surface area contributed by atoms with Gasteiger partial charge in [0.05, 0.1) is 0 Å². The molecule has 1 N–H and O–H groups in total. The van der Waals surface area contributed by atoms with Crippen LogP contribution in [0.15, 0.2) is 24.3 Å². The van der Waals surface area contributed by atoms with Crippen molar-refractivity contribution in [1.82, 2.24) is 10.2 Å². The average Bonchev–Trinajstić information content (AvgIpc) is 3.12. The van der Waals surface area contributed by atoms with Gasteiger partial charge in [-0.3, -0.25) is 0 Å². The molecule has 0 aromatic heterocycles. The molecule has 0 unspecified atom stereocenters. The predicted octanol–water partition coefficient (Wildman–Crippen LogP) is 2.57. The van der Waals surface area contributed by atoms with Crippen LogP contribution in [-0.4, -0.2) is 37.6 Å². The van der Waals surface area contributed by atoms with Gasteiger partial charge >= 0.3 is 0 Å². The number of likely N-dealkylation sites (N-methyl/N-ethyl adjacent to an activating group) is 1. The highest BCUT2D eigenvalue weighted by molar-refractivity contribution is 6.30. The first-order valence-corrected chi connectivity index (χ1v) is 6.78. The maximum Gasteiger partial charge on any atom is 0.0406 e. The fourth-order valence-corrected chi connectivity index (χ4v) is 1.96. The number of nitrogens with one attached hydrogen (secondary N) is 1. The molecular formula is C14H21ClN2. The van der Waals surface area contributed by atoms with E-state index < -0.39 is 0 Å². The molecule has 17 heavy (non-hydrogen) atoms. The summed E-state index contributed by atoms with van der Waals surface area (Å²) < 4.78 is 0. The van der Waals surface area contributed by atoms with Gasteiger partial charge in [0, 0.05) is 30.7 Å². The summed E-state index contributed by atoms with van der Waals surface area (Å²) in [6.07, 6.45) is 3.83. The van der Waals surface area contributed by atoms with Gasteiger partial charge in [-0.15, -0.1) is 0 Å². The Bertz CT molecular complexity index is 333. The normalized spacial score (nSPS) is 15.5. The van der Waals surface area contributed by atoms with Crippen molar-refractivity contribution in [2.24, 2.45) is 0 Å². The quantitative estimate of drug-likeness (QED) is 0.803.